The molecule has 2 rings (SSSR count). The van der Waals surface area contributed by atoms with E-state index in [0.29, 0.717) is 31.1 Å². The Labute approximate surface area is 148 Å². The van der Waals surface area contributed by atoms with Crippen LogP contribution in [0.4, 0.5) is 0 Å². The zero-order valence-corrected chi connectivity index (χ0v) is 14.5. The number of aryl methyl sites for hydroxylation is 1. The lowest BCUT2D eigenvalue weighted by molar-refractivity contribution is -0.120. The molecule has 0 aliphatic heterocycles. The molecule has 0 aliphatic rings. The lowest BCUT2D eigenvalue weighted by Gasteiger charge is -2.13. The van der Waals surface area contributed by atoms with Crippen LogP contribution in [0.3, 0.4) is 0 Å². The Balaban J connectivity index is 1.97. The maximum absolute atomic E-state index is 11.3. The molecule has 0 atom stereocenters. The number of nitrogens with one attached hydrogen (secondary N) is 1. The molecule has 2 aromatic carbocycles. The minimum Gasteiger partial charge on any atom is -0.493 e. The minimum absolute atomic E-state index is 0.118. The molecule has 0 aromatic heterocycles. The molecule has 5 heteroatoms. The number of amides is 1. The molecule has 0 spiro atoms. The summed E-state index contributed by atoms with van der Waals surface area (Å²) < 4.78 is 11.3. The zero-order valence-electron chi connectivity index (χ0n) is 14.5. The summed E-state index contributed by atoms with van der Waals surface area (Å²) in [6.07, 6.45) is 0.537. The van der Waals surface area contributed by atoms with E-state index in [1.807, 2.05) is 43.3 Å². The highest BCUT2D eigenvalue weighted by atomic mass is 16.5. The molecule has 0 bridgehead atoms. The third kappa shape index (κ3) is 5.85. The first-order chi connectivity index (χ1) is 12.1. The molecule has 0 saturated carbocycles. The van der Waals surface area contributed by atoms with Crippen LogP contribution in [0.15, 0.2) is 42.5 Å². The van der Waals surface area contributed by atoms with E-state index in [9.17, 15) is 4.79 Å². The molecular weight excluding hydrogens is 316 g/mol. The number of nitriles is 1. The molecule has 0 radical (unpaired) electrons. The SMILES string of the molecule is COc1ccc(CCNC(=O)CC#N)cc1OCc1ccc(C)cc1. The van der Waals surface area contributed by atoms with Crippen LogP contribution in [0.25, 0.3) is 0 Å². The van der Waals surface area contributed by atoms with E-state index in [0.717, 1.165) is 11.1 Å². The summed E-state index contributed by atoms with van der Waals surface area (Å²) in [4.78, 5) is 11.3. The third-order valence-corrected chi connectivity index (χ3v) is 3.72. The van der Waals surface area contributed by atoms with Gasteiger partial charge in [0.25, 0.3) is 0 Å². The van der Waals surface area contributed by atoms with Gasteiger partial charge in [-0.05, 0) is 36.6 Å². The second-order valence-electron chi connectivity index (χ2n) is 5.69. The van der Waals surface area contributed by atoms with Gasteiger partial charge in [-0.15, -0.1) is 0 Å². The number of hydrogen-bond acceptors (Lipinski definition) is 4. The number of methoxy groups -OCH3 is 1. The fraction of sp³-hybridized carbons (Fsp3) is 0.300. The Morgan fingerprint density at radius 2 is 1.84 bits per heavy atom. The summed E-state index contributed by atoms with van der Waals surface area (Å²) in [6, 6.07) is 15.7. The van der Waals surface area contributed by atoms with Crippen LogP contribution in [0.5, 0.6) is 11.5 Å². The van der Waals surface area contributed by atoms with Gasteiger partial charge < -0.3 is 14.8 Å². The molecule has 0 fully saturated rings. The topological polar surface area (TPSA) is 71.3 Å². The van der Waals surface area contributed by atoms with Crippen molar-refractivity contribution in [2.24, 2.45) is 0 Å². The molecule has 130 valence electrons. The standard InChI is InChI=1S/C20H22N2O3/c1-15-3-5-17(6-4-15)14-25-19-13-16(7-8-18(19)24-2)10-12-22-20(23)9-11-21/h3-8,13H,9-10,12,14H2,1-2H3,(H,22,23). The molecule has 1 N–H and O–H groups in total. The Morgan fingerprint density at radius 3 is 2.52 bits per heavy atom. The highest BCUT2D eigenvalue weighted by Crippen LogP contribution is 2.29. The number of carbonyl (C=O) groups excluding carboxylic acids is 1. The average Bonchev–Trinajstić information content (AvgIpc) is 2.61. The first kappa shape index (κ1) is 18.3. The maximum Gasteiger partial charge on any atom is 0.234 e. The third-order valence-electron chi connectivity index (χ3n) is 3.72. The second-order valence-corrected chi connectivity index (χ2v) is 5.69. The first-order valence-corrected chi connectivity index (χ1v) is 8.11. The van der Waals surface area contributed by atoms with Crippen LogP contribution >= 0.6 is 0 Å². The van der Waals surface area contributed by atoms with Gasteiger partial charge in [0.15, 0.2) is 11.5 Å². The van der Waals surface area contributed by atoms with Gasteiger partial charge >= 0.3 is 0 Å². The van der Waals surface area contributed by atoms with E-state index in [2.05, 4.69) is 17.4 Å². The number of hydrogen-bond donors (Lipinski definition) is 1. The van der Waals surface area contributed by atoms with Gasteiger partial charge in [-0.25, -0.2) is 0 Å². The number of nitrogens with zero attached hydrogens (tertiary/aromatic N) is 1. The number of ether oxygens (including phenoxy) is 2. The monoisotopic (exact) mass is 338 g/mol. The van der Waals surface area contributed by atoms with Crippen molar-refractivity contribution in [3.63, 3.8) is 0 Å². The van der Waals surface area contributed by atoms with E-state index >= 15 is 0 Å². The van der Waals surface area contributed by atoms with E-state index < -0.39 is 0 Å². The number of rotatable bonds is 8. The minimum atomic E-state index is -0.258. The fourth-order valence-corrected chi connectivity index (χ4v) is 2.32. The Kier molecular flexibility index (Phi) is 6.85. The zero-order chi connectivity index (χ0) is 18.1. The molecule has 2 aromatic rings. The largest absolute Gasteiger partial charge is 0.493 e. The molecule has 0 aliphatic carbocycles. The van der Waals surface area contributed by atoms with Crippen LogP contribution < -0.4 is 14.8 Å². The van der Waals surface area contributed by atoms with Crippen molar-refractivity contribution in [1.82, 2.24) is 5.32 Å². The Bertz CT molecular complexity index is 749. The van der Waals surface area contributed by atoms with E-state index in [1.165, 1.54) is 5.56 Å². The predicted octanol–water partition coefficient (Wildman–Crippen LogP) is 3.16. The summed E-state index contributed by atoms with van der Waals surface area (Å²) in [5, 5.41) is 11.2. The summed E-state index contributed by atoms with van der Waals surface area (Å²) in [5.41, 5.74) is 3.32. The summed E-state index contributed by atoms with van der Waals surface area (Å²) in [6.45, 7) is 2.98. The maximum atomic E-state index is 11.3. The predicted molar refractivity (Wildman–Crippen MR) is 95.4 cm³/mol. The van der Waals surface area contributed by atoms with Crippen molar-refractivity contribution < 1.29 is 14.3 Å². The molecule has 5 nitrogen and oxygen atoms in total. The summed E-state index contributed by atoms with van der Waals surface area (Å²) in [7, 11) is 1.61. The van der Waals surface area contributed by atoms with Crippen LogP contribution in [-0.2, 0) is 17.8 Å². The van der Waals surface area contributed by atoms with Crippen molar-refractivity contribution in [2.45, 2.75) is 26.4 Å². The smallest absolute Gasteiger partial charge is 0.234 e. The van der Waals surface area contributed by atoms with E-state index in [1.54, 1.807) is 7.11 Å². The second kappa shape index (κ2) is 9.33. The van der Waals surface area contributed by atoms with Gasteiger partial charge in [-0.1, -0.05) is 35.9 Å². The first-order valence-electron chi connectivity index (χ1n) is 8.11. The van der Waals surface area contributed by atoms with Gasteiger partial charge in [0, 0.05) is 6.54 Å². The summed E-state index contributed by atoms with van der Waals surface area (Å²) in [5.74, 6) is 1.08. The summed E-state index contributed by atoms with van der Waals surface area (Å²) >= 11 is 0. The molecule has 0 heterocycles. The van der Waals surface area contributed by atoms with Crippen LogP contribution in [0, 0.1) is 18.3 Å². The van der Waals surface area contributed by atoms with Crippen molar-refractivity contribution in [3.8, 4) is 17.6 Å². The van der Waals surface area contributed by atoms with Crippen LogP contribution in [0.1, 0.15) is 23.1 Å². The van der Waals surface area contributed by atoms with Crippen LogP contribution in [0.2, 0.25) is 0 Å². The van der Waals surface area contributed by atoms with Gasteiger partial charge in [0.05, 0.1) is 13.2 Å². The molecule has 1 amide bonds. The van der Waals surface area contributed by atoms with Crippen LogP contribution in [-0.4, -0.2) is 19.6 Å². The fourth-order valence-electron chi connectivity index (χ4n) is 2.32. The molecule has 25 heavy (non-hydrogen) atoms. The average molecular weight is 338 g/mol. The number of carbonyl (C=O) groups is 1. The highest BCUT2D eigenvalue weighted by molar-refractivity contribution is 5.77. The van der Waals surface area contributed by atoms with E-state index in [4.69, 9.17) is 14.7 Å². The molecule has 0 unspecified atom stereocenters. The highest BCUT2D eigenvalue weighted by Gasteiger charge is 2.07. The van der Waals surface area contributed by atoms with Gasteiger partial charge in [0.1, 0.15) is 13.0 Å². The normalized spacial score (nSPS) is 9.96. The van der Waals surface area contributed by atoms with Crippen molar-refractivity contribution in [1.29, 1.82) is 5.26 Å². The Hall–Kier alpha value is -3.00. The number of benzene rings is 2. The quantitative estimate of drug-likeness (QED) is 0.802. The Morgan fingerprint density at radius 1 is 1.12 bits per heavy atom. The van der Waals surface area contributed by atoms with Crippen molar-refractivity contribution >= 4 is 5.91 Å². The lowest BCUT2D eigenvalue weighted by atomic mass is 10.1. The van der Waals surface area contributed by atoms with Gasteiger partial charge in [0.2, 0.25) is 5.91 Å². The van der Waals surface area contributed by atoms with E-state index in [-0.39, 0.29) is 12.3 Å². The lowest BCUT2D eigenvalue weighted by Crippen LogP contribution is -2.24. The van der Waals surface area contributed by atoms with Crippen molar-refractivity contribution in [2.75, 3.05) is 13.7 Å². The molecule has 0 saturated heterocycles. The van der Waals surface area contributed by atoms with Gasteiger partial charge in [-0.3, -0.25) is 4.79 Å². The van der Waals surface area contributed by atoms with Crippen molar-refractivity contribution in [3.05, 3.63) is 59.2 Å². The molecular formula is C20H22N2O3. The van der Waals surface area contributed by atoms with Gasteiger partial charge in [-0.2, -0.15) is 5.26 Å².